The maximum Gasteiger partial charge on any atom is 0.261 e. The van der Waals surface area contributed by atoms with E-state index >= 15 is 0 Å². The molecule has 0 aliphatic heterocycles. The highest BCUT2D eigenvalue weighted by molar-refractivity contribution is 7.92. The van der Waals surface area contributed by atoms with E-state index in [1.165, 1.54) is 12.1 Å². The Labute approximate surface area is 180 Å². The highest BCUT2D eigenvalue weighted by atomic mass is 32.2. The standard InChI is InChI=1S/C23H20N2O3S2/c1-2-28-20-12-14-21(15-13-20)30(26,27)25-19-10-8-17(9-11-19)22-16-29-23(24-22)18-6-4-3-5-7-18/h3-16,25H,2H2,1H3. The quantitative estimate of drug-likeness (QED) is 0.405. The van der Waals surface area contributed by atoms with Gasteiger partial charge in [-0.1, -0.05) is 42.5 Å². The number of hydrogen-bond donors (Lipinski definition) is 1. The lowest BCUT2D eigenvalue weighted by atomic mass is 10.1. The minimum atomic E-state index is -3.67. The maximum atomic E-state index is 12.6. The first kappa shape index (κ1) is 20.1. The molecule has 7 heteroatoms. The van der Waals surface area contributed by atoms with Crippen molar-refractivity contribution in [2.75, 3.05) is 11.3 Å². The van der Waals surface area contributed by atoms with Gasteiger partial charge >= 0.3 is 0 Å². The number of thiazole rings is 1. The topological polar surface area (TPSA) is 68.3 Å². The normalized spacial score (nSPS) is 11.2. The molecule has 0 radical (unpaired) electrons. The maximum absolute atomic E-state index is 12.6. The molecule has 5 nitrogen and oxygen atoms in total. The number of aromatic nitrogens is 1. The summed E-state index contributed by atoms with van der Waals surface area (Å²) in [6, 6.07) is 23.6. The fourth-order valence-corrected chi connectivity index (χ4v) is 4.82. The average molecular weight is 437 g/mol. The van der Waals surface area contributed by atoms with Crippen LogP contribution in [0.25, 0.3) is 21.8 Å². The fraction of sp³-hybridized carbons (Fsp3) is 0.0870. The Hall–Kier alpha value is -3.16. The Bertz CT molecular complexity index is 1220. The summed E-state index contributed by atoms with van der Waals surface area (Å²) < 4.78 is 33.2. The molecule has 0 unspecified atom stereocenters. The van der Waals surface area contributed by atoms with Crippen LogP contribution in [0.4, 0.5) is 5.69 Å². The lowest BCUT2D eigenvalue weighted by Crippen LogP contribution is -2.12. The first-order valence-electron chi connectivity index (χ1n) is 9.42. The van der Waals surface area contributed by atoms with E-state index in [4.69, 9.17) is 9.72 Å². The van der Waals surface area contributed by atoms with Crippen LogP contribution in [0.1, 0.15) is 6.92 Å². The summed E-state index contributed by atoms with van der Waals surface area (Å²) in [4.78, 5) is 4.88. The van der Waals surface area contributed by atoms with Crippen molar-refractivity contribution in [3.63, 3.8) is 0 Å². The molecule has 0 fully saturated rings. The van der Waals surface area contributed by atoms with E-state index in [1.54, 1.807) is 35.6 Å². The van der Waals surface area contributed by atoms with E-state index in [0.29, 0.717) is 18.0 Å². The second-order valence-electron chi connectivity index (χ2n) is 6.49. The summed E-state index contributed by atoms with van der Waals surface area (Å²) in [6.07, 6.45) is 0. The molecule has 0 aliphatic carbocycles. The van der Waals surface area contributed by atoms with Crippen molar-refractivity contribution in [3.05, 3.63) is 84.2 Å². The van der Waals surface area contributed by atoms with Crippen molar-refractivity contribution in [1.82, 2.24) is 4.98 Å². The third-order valence-electron chi connectivity index (χ3n) is 4.40. The van der Waals surface area contributed by atoms with Crippen LogP contribution >= 0.6 is 11.3 Å². The zero-order valence-corrected chi connectivity index (χ0v) is 17.9. The molecule has 0 saturated heterocycles. The Morgan fingerprint density at radius 2 is 1.60 bits per heavy atom. The zero-order chi connectivity index (χ0) is 21.0. The zero-order valence-electron chi connectivity index (χ0n) is 16.3. The Morgan fingerprint density at radius 1 is 0.900 bits per heavy atom. The predicted octanol–water partition coefficient (Wildman–Crippen LogP) is 5.68. The van der Waals surface area contributed by atoms with Crippen molar-refractivity contribution >= 4 is 27.0 Å². The Balaban J connectivity index is 1.49. The minimum Gasteiger partial charge on any atom is -0.494 e. The van der Waals surface area contributed by atoms with Crippen LogP contribution in [0.15, 0.2) is 89.1 Å². The number of nitrogens with one attached hydrogen (secondary N) is 1. The summed E-state index contributed by atoms with van der Waals surface area (Å²) in [7, 11) is -3.67. The largest absolute Gasteiger partial charge is 0.494 e. The van der Waals surface area contributed by atoms with E-state index < -0.39 is 10.0 Å². The first-order valence-corrected chi connectivity index (χ1v) is 11.8. The summed E-state index contributed by atoms with van der Waals surface area (Å²) in [5, 5.41) is 2.95. The molecule has 0 spiro atoms. The fourth-order valence-electron chi connectivity index (χ4n) is 2.92. The van der Waals surface area contributed by atoms with E-state index in [9.17, 15) is 8.42 Å². The number of nitrogens with zero attached hydrogens (tertiary/aromatic N) is 1. The van der Waals surface area contributed by atoms with Crippen molar-refractivity contribution < 1.29 is 13.2 Å². The van der Waals surface area contributed by atoms with Crippen LogP contribution in [-0.4, -0.2) is 20.0 Å². The number of ether oxygens (including phenoxy) is 1. The van der Waals surface area contributed by atoms with Crippen molar-refractivity contribution in [2.45, 2.75) is 11.8 Å². The Kier molecular flexibility index (Phi) is 5.83. The molecule has 0 atom stereocenters. The lowest BCUT2D eigenvalue weighted by molar-refractivity contribution is 0.340. The number of rotatable bonds is 7. The van der Waals surface area contributed by atoms with E-state index in [0.717, 1.165) is 21.8 Å². The van der Waals surface area contributed by atoms with Gasteiger partial charge in [-0.3, -0.25) is 4.72 Å². The third kappa shape index (κ3) is 4.53. The summed E-state index contributed by atoms with van der Waals surface area (Å²) >= 11 is 1.58. The summed E-state index contributed by atoms with van der Waals surface area (Å²) in [6.45, 7) is 2.41. The van der Waals surface area contributed by atoms with Gasteiger partial charge in [0, 0.05) is 22.2 Å². The van der Waals surface area contributed by atoms with Gasteiger partial charge in [-0.2, -0.15) is 0 Å². The predicted molar refractivity (Wildman–Crippen MR) is 121 cm³/mol. The second-order valence-corrected chi connectivity index (χ2v) is 9.03. The van der Waals surface area contributed by atoms with Crippen LogP contribution < -0.4 is 9.46 Å². The van der Waals surface area contributed by atoms with E-state index in [-0.39, 0.29) is 4.90 Å². The van der Waals surface area contributed by atoms with Gasteiger partial charge in [-0.15, -0.1) is 11.3 Å². The van der Waals surface area contributed by atoms with Gasteiger partial charge in [0.05, 0.1) is 17.2 Å². The summed E-state index contributed by atoms with van der Waals surface area (Å²) in [5.41, 5.74) is 3.36. The molecule has 3 aromatic carbocycles. The van der Waals surface area contributed by atoms with Gasteiger partial charge in [-0.25, -0.2) is 13.4 Å². The number of anilines is 1. The molecule has 1 N–H and O–H groups in total. The average Bonchev–Trinajstić information content (AvgIpc) is 3.26. The smallest absolute Gasteiger partial charge is 0.261 e. The van der Waals surface area contributed by atoms with Gasteiger partial charge in [0.15, 0.2) is 0 Å². The SMILES string of the molecule is CCOc1ccc(S(=O)(=O)Nc2ccc(-c3csc(-c4ccccc4)n3)cc2)cc1. The minimum absolute atomic E-state index is 0.182. The number of sulfonamides is 1. The van der Waals surface area contributed by atoms with Crippen LogP contribution in [0.5, 0.6) is 5.75 Å². The van der Waals surface area contributed by atoms with Gasteiger partial charge < -0.3 is 4.74 Å². The molecular formula is C23H20N2O3S2. The molecule has 1 aromatic heterocycles. The molecule has 152 valence electrons. The highest BCUT2D eigenvalue weighted by Crippen LogP contribution is 2.29. The number of hydrogen-bond acceptors (Lipinski definition) is 5. The van der Waals surface area contributed by atoms with Gasteiger partial charge in [0.2, 0.25) is 0 Å². The van der Waals surface area contributed by atoms with Crippen LogP contribution in [0, 0.1) is 0 Å². The van der Waals surface area contributed by atoms with Crippen molar-refractivity contribution in [1.29, 1.82) is 0 Å². The molecule has 0 bridgehead atoms. The van der Waals surface area contributed by atoms with E-state index in [2.05, 4.69) is 4.72 Å². The second kappa shape index (κ2) is 8.69. The van der Waals surface area contributed by atoms with E-state index in [1.807, 2.05) is 54.8 Å². The summed E-state index contributed by atoms with van der Waals surface area (Å²) in [5.74, 6) is 0.638. The molecular weight excluding hydrogens is 416 g/mol. The molecule has 4 aromatic rings. The van der Waals surface area contributed by atoms with Crippen LogP contribution in [-0.2, 0) is 10.0 Å². The monoisotopic (exact) mass is 436 g/mol. The van der Waals surface area contributed by atoms with Crippen molar-refractivity contribution in [2.24, 2.45) is 0 Å². The first-order chi connectivity index (χ1) is 14.5. The molecule has 0 aliphatic rings. The van der Waals surface area contributed by atoms with Gasteiger partial charge in [0.1, 0.15) is 10.8 Å². The third-order valence-corrected chi connectivity index (χ3v) is 6.69. The Morgan fingerprint density at radius 3 is 2.27 bits per heavy atom. The van der Waals surface area contributed by atoms with Gasteiger partial charge in [0.25, 0.3) is 10.0 Å². The molecule has 0 amide bonds. The molecule has 1 heterocycles. The lowest BCUT2D eigenvalue weighted by Gasteiger charge is -2.09. The highest BCUT2D eigenvalue weighted by Gasteiger charge is 2.14. The number of benzene rings is 3. The van der Waals surface area contributed by atoms with Crippen molar-refractivity contribution in [3.8, 4) is 27.6 Å². The van der Waals surface area contributed by atoms with Crippen LogP contribution in [0.2, 0.25) is 0 Å². The molecule has 30 heavy (non-hydrogen) atoms. The molecule has 0 saturated carbocycles. The van der Waals surface area contributed by atoms with Crippen LogP contribution in [0.3, 0.4) is 0 Å². The van der Waals surface area contributed by atoms with Gasteiger partial charge in [-0.05, 0) is 43.3 Å². The molecule has 4 rings (SSSR count).